The van der Waals surface area contributed by atoms with E-state index in [1.54, 1.807) is 0 Å². The first-order valence-electron chi connectivity index (χ1n) is 21.8. The standard InChI is InChI=1S/C44H86O4/c1-3-5-7-9-11-13-15-16-17-18-19-20-21-22-23-24-25-26-27-28-29-31-33-35-37-39-44(46)48-43(41-45)42-47-40-38-36-34-32-30-14-12-10-8-6-4-2/h8,10,43,45H,3-7,9,11-42H2,1-2H3/b10-8-. The summed E-state index contributed by atoms with van der Waals surface area (Å²) in [5, 5.41) is 9.57. The summed E-state index contributed by atoms with van der Waals surface area (Å²) in [7, 11) is 0. The van der Waals surface area contributed by atoms with Gasteiger partial charge in [0.2, 0.25) is 0 Å². The third kappa shape index (κ3) is 39.6. The van der Waals surface area contributed by atoms with E-state index in [1.807, 2.05) is 0 Å². The van der Waals surface area contributed by atoms with Gasteiger partial charge in [-0.3, -0.25) is 4.79 Å². The number of esters is 1. The zero-order chi connectivity index (χ0) is 34.9. The van der Waals surface area contributed by atoms with Crippen molar-refractivity contribution in [3.8, 4) is 0 Å². The quantitative estimate of drug-likeness (QED) is 0.0397. The number of carbonyl (C=O) groups excluding carboxylic acids is 1. The Bertz CT molecular complexity index is 633. The van der Waals surface area contributed by atoms with Gasteiger partial charge in [0, 0.05) is 13.0 Å². The number of hydrogen-bond acceptors (Lipinski definition) is 4. The topological polar surface area (TPSA) is 55.8 Å². The normalized spacial score (nSPS) is 12.3. The largest absolute Gasteiger partial charge is 0.457 e. The molecule has 4 heteroatoms. The predicted molar refractivity (Wildman–Crippen MR) is 210 cm³/mol. The van der Waals surface area contributed by atoms with Crippen molar-refractivity contribution in [2.24, 2.45) is 0 Å². The second-order valence-corrected chi connectivity index (χ2v) is 14.8. The number of allylic oxidation sites excluding steroid dienone is 2. The molecule has 48 heavy (non-hydrogen) atoms. The van der Waals surface area contributed by atoms with Crippen LogP contribution < -0.4 is 0 Å². The molecule has 0 aliphatic rings. The van der Waals surface area contributed by atoms with Gasteiger partial charge >= 0.3 is 5.97 Å². The van der Waals surface area contributed by atoms with E-state index >= 15 is 0 Å². The lowest BCUT2D eigenvalue weighted by molar-refractivity contribution is -0.154. The predicted octanol–water partition coefficient (Wildman–Crippen LogP) is 14.2. The molecule has 0 fully saturated rings. The minimum atomic E-state index is -0.530. The average Bonchev–Trinajstić information content (AvgIpc) is 3.09. The first kappa shape index (κ1) is 47.1. The molecule has 1 N–H and O–H groups in total. The maximum Gasteiger partial charge on any atom is 0.306 e. The molecule has 0 aromatic rings. The molecule has 0 saturated heterocycles. The molecule has 0 aromatic carbocycles. The number of unbranched alkanes of at least 4 members (excludes halogenated alkanes) is 31. The molecule has 0 aromatic heterocycles. The molecule has 286 valence electrons. The van der Waals surface area contributed by atoms with Crippen LogP contribution in [0.3, 0.4) is 0 Å². The molecule has 0 aliphatic carbocycles. The Labute approximate surface area is 301 Å². The molecular weight excluding hydrogens is 592 g/mol. The highest BCUT2D eigenvalue weighted by molar-refractivity contribution is 5.69. The van der Waals surface area contributed by atoms with E-state index in [4.69, 9.17) is 9.47 Å². The summed E-state index contributed by atoms with van der Waals surface area (Å²) < 4.78 is 11.1. The second kappa shape index (κ2) is 42.3. The third-order valence-electron chi connectivity index (χ3n) is 9.82. The van der Waals surface area contributed by atoms with Gasteiger partial charge in [0.15, 0.2) is 0 Å². The van der Waals surface area contributed by atoms with Gasteiger partial charge in [-0.25, -0.2) is 0 Å². The molecule has 0 aliphatic heterocycles. The zero-order valence-electron chi connectivity index (χ0n) is 32.8. The van der Waals surface area contributed by atoms with Crippen molar-refractivity contribution in [1.82, 2.24) is 0 Å². The molecule has 0 heterocycles. The summed E-state index contributed by atoms with van der Waals surface area (Å²) in [5.41, 5.74) is 0. The monoisotopic (exact) mass is 679 g/mol. The fourth-order valence-corrected chi connectivity index (χ4v) is 6.57. The van der Waals surface area contributed by atoms with Crippen molar-refractivity contribution >= 4 is 5.97 Å². The van der Waals surface area contributed by atoms with Crippen molar-refractivity contribution in [1.29, 1.82) is 0 Å². The van der Waals surface area contributed by atoms with Gasteiger partial charge in [-0.1, -0.05) is 212 Å². The Morgan fingerprint density at radius 2 is 0.854 bits per heavy atom. The van der Waals surface area contributed by atoms with Crippen LogP contribution in [0.4, 0.5) is 0 Å². The van der Waals surface area contributed by atoms with Gasteiger partial charge in [-0.2, -0.15) is 0 Å². The molecule has 1 unspecified atom stereocenters. The average molecular weight is 679 g/mol. The van der Waals surface area contributed by atoms with E-state index in [-0.39, 0.29) is 12.6 Å². The summed E-state index contributed by atoms with van der Waals surface area (Å²) in [4.78, 5) is 12.2. The fraction of sp³-hybridized carbons (Fsp3) is 0.932. The van der Waals surface area contributed by atoms with Crippen LogP contribution in [0.1, 0.15) is 239 Å². The Morgan fingerprint density at radius 3 is 1.27 bits per heavy atom. The highest BCUT2D eigenvalue weighted by Gasteiger charge is 2.13. The molecular formula is C44H86O4. The Hall–Kier alpha value is -0.870. The zero-order valence-corrected chi connectivity index (χ0v) is 32.8. The molecule has 1 atom stereocenters. The Kier molecular flexibility index (Phi) is 41.5. The van der Waals surface area contributed by atoms with E-state index in [0.717, 1.165) is 19.3 Å². The van der Waals surface area contributed by atoms with Crippen LogP contribution in [0, 0.1) is 0 Å². The van der Waals surface area contributed by atoms with Gasteiger partial charge in [0.05, 0.1) is 13.2 Å². The van der Waals surface area contributed by atoms with E-state index in [9.17, 15) is 9.90 Å². The first-order chi connectivity index (χ1) is 23.7. The van der Waals surface area contributed by atoms with Crippen LogP contribution >= 0.6 is 0 Å². The van der Waals surface area contributed by atoms with Crippen LogP contribution in [0.25, 0.3) is 0 Å². The van der Waals surface area contributed by atoms with Crippen molar-refractivity contribution in [2.75, 3.05) is 19.8 Å². The molecule has 0 bridgehead atoms. The van der Waals surface area contributed by atoms with Crippen molar-refractivity contribution < 1.29 is 19.4 Å². The van der Waals surface area contributed by atoms with Crippen LogP contribution in [0.15, 0.2) is 12.2 Å². The number of rotatable bonds is 41. The Morgan fingerprint density at radius 1 is 0.479 bits per heavy atom. The van der Waals surface area contributed by atoms with Crippen molar-refractivity contribution in [3.05, 3.63) is 12.2 Å². The lowest BCUT2D eigenvalue weighted by Crippen LogP contribution is -2.27. The summed E-state index contributed by atoms with van der Waals surface area (Å²) in [6.45, 7) is 5.32. The van der Waals surface area contributed by atoms with E-state index in [1.165, 1.54) is 199 Å². The highest BCUT2D eigenvalue weighted by atomic mass is 16.6. The number of aliphatic hydroxyl groups excluding tert-OH is 1. The lowest BCUT2D eigenvalue weighted by Gasteiger charge is -2.15. The summed E-state index contributed by atoms with van der Waals surface area (Å²) in [6, 6.07) is 0. The molecule has 0 saturated carbocycles. The van der Waals surface area contributed by atoms with Gasteiger partial charge < -0.3 is 14.6 Å². The maximum atomic E-state index is 12.2. The smallest absolute Gasteiger partial charge is 0.306 e. The van der Waals surface area contributed by atoms with Gasteiger partial charge in [0.25, 0.3) is 0 Å². The number of aliphatic hydroxyl groups is 1. The lowest BCUT2D eigenvalue weighted by atomic mass is 10.0. The van der Waals surface area contributed by atoms with Gasteiger partial charge in [0.1, 0.15) is 6.10 Å². The van der Waals surface area contributed by atoms with Crippen LogP contribution in [-0.2, 0) is 14.3 Å². The summed E-state index contributed by atoms with van der Waals surface area (Å²) in [5.74, 6) is -0.198. The van der Waals surface area contributed by atoms with Gasteiger partial charge in [-0.15, -0.1) is 0 Å². The number of ether oxygens (including phenoxy) is 2. The highest BCUT2D eigenvalue weighted by Crippen LogP contribution is 2.16. The van der Waals surface area contributed by atoms with Crippen molar-refractivity contribution in [2.45, 2.75) is 245 Å². The fourth-order valence-electron chi connectivity index (χ4n) is 6.57. The maximum absolute atomic E-state index is 12.2. The molecule has 0 radical (unpaired) electrons. The number of hydrogen-bond donors (Lipinski definition) is 1. The molecule has 0 spiro atoms. The van der Waals surface area contributed by atoms with E-state index in [2.05, 4.69) is 26.0 Å². The van der Waals surface area contributed by atoms with Crippen LogP contribution in [-0.4, -0.2) is 37.0 Å². The van der Waals surface area contributed by atoms with Gasteiger partial charge in [-0.05, 0) is 32.1 Å². The minimum Gasteiger partial charge on any atom is -0.457 e. The third-order valence-corrected chi connectivity index (χ3v) is 9.82. The van der Waals surface area contributed by atoms with Crippen LogP contribution in [0.2, 0.25) is 0 Å². The molecule has 0 amide bonds. The number of carbonyl (C=O) groups is 1. The molecule has 4 nitrogen and oxygen atoms in total. The first-order valence-corrected chi connectivity index (χ1v) is 21.8. The van der Waals surface area contributed by atoms with E-state index in [0.29, 0.717) is 19.6 Å². The SMILES string of the molecule is CCC/C=C\CCCCCCCCOCC(CO)OC(=O)CCCCCCCCCCCCCCCCCCCCCCCCCCC. The summed E-state index contributed by atoms with van der Waals surface area (Å²) in [6.07, 6.45) is 50.0. The second-order valence-electron chi connectivity index (χ2n) is 14.8. The van der Waals surface area contributed by atoms with Crippen molar-refractivity contribution in [3.63, 3.8) is 0 Å². The Balaban J connectivity index is 3.32. The van der Waals surface area contributed by atoms with E-state index < -0.39 is 6.10 Å². The van der Waals surface area contributed by atoms with Crippen LogP contribution in [0.5, 0.6) is 0 Å². The minimum absolute atomic E-state index is 0.169. The summed E-state index contributed by atoms with van der Waals surface area (Å²) >= 11 is 0. The molecule has 0 rings (SSSR count).